The number of carbonyl (C=O) groups is 1. The number of aliphatic imine (C=N–C) groups is 1. The number of nitrogens with one attached hydrogen (secondary N) is 1. The summed E-state index contributed by atoms with van der Waals surface area (Å²) in [5.41, 5.74) is 2.04. The summed E-state index contributed by atoms with van der Waals surface area (Å²) in [7, 11) is 0. The predicted octanol–water partition coefficient (Wildman–Crippen LogP) is 7.77. The molecule has 1 N–H and O–H groups in total. The Morgan fingerprint density at radius 1 is 1.20 bits per heavy atom. The van der Waals surface area contributed by atoms with Crippen molar-refractivity contribution in [2.45, 2.75) is 104 Å². The highest BCUT2D eigenvalue weighted by molar-refractivity contribution is 7.79. The first-order chi connectivity index (χ1) is 19.9. The van der Waals surface area contributed by atoms with E-state index in [9.17, 15) is 9.18 Å². The van der Waals surface area contributed by atoms with Crippen LogP contribution in [0.25, 0.3) is 0 Å². The van der Waals surface area contributed by atoms with Crippen LogP contribution in [0.15, 0.2) is 52.9 Å². The molecule has 1 heterocycles. The van der Waals surface area contributed by atoms with E-state index >= 15 is 0 Å². The fourth-order valence-corrected chi connectivity index (χ4v) is 5.21. The Hall–Kier alpha value is -2.76. The van der Waals surface area contributed by atoms with Crippen LogP contribution in [0.2, 0.25) is 0 Å². The maximum Gasteiger partial charge on any atom is 0.327 e. The van der Waals surface area contributed by atoms with Crippen molar-refractivity contribution < 1.29 is 13.9 Å². The van der Waals surface area contributed by atoms with E-state index in [-0.39, 0.29) is 24.0 Å². The first-order valence-corrected chi connectivity index (χ1v) is 15.6. The number of urea groups is 1. The zero-order valence-electron chi connectivity index (χ0n) is 25.7. The van der Waals surface area contributed by atoms with Crippen molar-refractivity contribution in [2.24, 2.45) is 4.99 Å². The molecule has 3 rings (SSSR count). The van der Waals surface area contributed by atoms with E-state index in [1.165, 1.54) is 37.8 Å². The van der Waals surface area contributed by atoms with Crippen LogP contribution < -0.4 is 10.1 Å². The van der Waals surface area contributed by atoms with E-state index in [1.807, 2.05) is 43.9 Å². The number of ether oxygens (including phenoxy) is 1. The lowest BCUT2D eigenvalue weighted by atomic mass is 9.96. The van der Waals surface area contributed by atoms with E-state index in [2.05, 4.69) is 52.8 Å². The molecule has 0 radical (unpaired) electrons. The first kappa shape index (κ1) is 36.3. The minimum atomic E-state index is -0.239. The monoisotopic (exact) mass is 586 g/mol. The van der Waals surface area contributed by atoms with Gasteiger partial charge in [-0.3, -0.25) is 20.1 Å². The largest absolute Gasteiger partial charge is 0.491 e. The normalized spacial score (nSPS) is 17.3. The molecule has 2 amide bonds. The van der Waals surface area contributed by atoms with E-state index in [4.69, 9.17) is 4.74 Å². The highest BCUT2D eigenvalue weighted by Crippen LogP contribution is 2.25. The number of rotatable bonds is 10. The summed E-state index contributed by atoms with van der Waals surface area (Å²) in [5.74, 6) is 0.658. The number of amides is 2. The molecule has 1 aromatic carbocycles. The van der Waals surface area contributed by atoms with Gasteiger partial charge < -0.3 is 4.74 Å². The Balaban J connectivity index is 0.00000201. The number of benzene rings is 1. The zero-order valence-corrected chi connectivity index (χ0v) is 26.6. The predicted molar refractivity (Wildman–Crippen MR) is 174 cm³/mol. The molecule has 2 aliphatic rings. The van der Waals surface area contributed by atoms with E-state index in [0.717, 1.165) is 56.8 Å². The van der Waals surface area contributed by atoms with Crippen LogP contribution >= 0.6 is 12.6 Å². The molecule has 0 bridgehead atoms. The lowest BCUT2D eigenvalue weighted by molar-refractivity contribution is 0.135. The van der Waals surface area contributed by atoms with Crippen LogP contribution in [0.5, 0.6) is 5.75 Å². The fourth-order valence-electron chi connectivity index (χ4n) is 5.21. The van der Waals surface area contributed by atoms with E-state index < -0.39 is 0 Å². The molecule has 41 heavy (non-hydrogen) atoms. The molecule has 0 unspecified atom stereocenters. The van der Waals surface area contributed by atoms with Crippen molar-refractivity contribution in [1.29, 1.82) is 0 Å². The molecule has 2 fully saturated rings. The number of likely N-dealkylation sites (tertiary alicyclic amines) is 1. The highest BCUT2D eigenvalue weighted by atomic mass is 32.1. The average Bonchev–Trinajstić information content (AvgIpc) is 2.98. The molecule has 1 aromatic rings. The average molecular weight is 587 g/mol. The summed E-state index contributed by atoms with van der Waals surface area (Å²) in [6.45, 7) is 10.0. The number of terminal acetylenes is 1. The summed E-state index contributed by atoms with van der Waals surface area (Å²) in [5, 5.41) is 2.92. The van der Waals surface area contributed by atoms with Gasteiger partial charge in [-0.1, -0.05) is 37.5 Å². The van der Waals surface area contributed by atoms with Crippen molar-refractivity contribution in [2.75, 3.05) is 19.3 Å². The molecular formula is C33H51FN4O2S. The standard InChI is InChI=1S/C30H45FN4O2.C2H2.CH4S/c1-5-27(15-14-24(4)31)35(30(36)33-22-32-26-11-7-6-8-12-26)28-16-18-34(19-17-28)21-25-10-9-13-29(20-25)37-23(2)3;2*1-2/h5,9-10,13-14,20,22-23,26,28H,6-8,11-12,15-19,21H2,1-4H3,(H,32,33,36);1-2H;2H,1H3/b24-14+,27-5+;;. The third-order valence-corrected chi connectivity index (χ3v) is 7.10. The van der Waals surface area contributed by atoms with Gasteiger partial charge in [0.15, 0.2) is 0 Å². The fraction of sp³-hybridized carbons (Fsp3) is 0.576. The van der Waals surface area contributed by atoms with Gasteiger partial charge in [0.05, 0.1) is 24.3 Å². The van der Waals surface area contributed by atoms with Crippen LogP contribution in [-0.4, -0.2) is 59.7 Å². The second-order valence-corrected chi connectivity index (χ2v) is 10.5. The summed E-state index contributed by atoms with van der Waals surface area (Å²) < 4.78 is 19.4. The summed E-state index contributed by atoms with van der Waals surface area (Å²) in [6, 6.07) is 8.45. The van der Waals surface area contributed by atoms with Gasteiger partial charge in [0.25, 0.3) is 0 Å². The maximum atomic E-state index is 13.5. The Kier molecular flexibility index (Phi) is 18.6. The highest BCUT2D eigenvalue weighted by Gasteiger charge is 2.30. The van der Waals surface area contributed by atoms with Gasteiger partial charge in [0.1, 0.15) is 5.75 Å². The molecule has 1 saturated heterocycles. The third-order valence-electron chi connectivity index (χ3n) is 7.10. The van der Waals surface area contributed by atoms with Crippen LogP contribution in [0, 0.1) is 12.8 Å². The van der Waals surface area contributed by atoms with E-state index in [1.54, 1.807) is 12.6 Å². The molecule has 0 aromatic heterocycles. The van der Waals surface area contributed by atoms with Gasteiger partial charge in [-0.2, -0.15) is 12.6 Å². The number of halogens is 1. The van der Waals surface area contributed by atoms with E-state index in [0.29, 0.717) is 12.5 Å². The van der Waals surface area contributed by atoms with Gasteiger partial charge in [-0.15, -0.1) is 12.8 Å². The molecule has 0 spiro atoms. The van der Waals surface area contributed by atoms with Gasteiger partial charge in [0.2, 0.25) is 0 Å². The van der Waals surface area contributed by atoms with Crippen LogP contribution in [0.4, 0.5) is 9.18 Å². The minimum absolute atomic E-state index is 0.0504. The molecular weight excluding hydrogens is 535 g/mol. The number of thiol groups is 1. The van der Waals surface area contributed by atoms with Crippen LogP contribution in [-0.2, 0) is 6.54 Å². The van der Waals surface area contributed by atoms with Crippen LogP contribution in [0.3, 0.4) is 0 Å². The van der Waals surface area contributed by atoms with Gasteiger partial charge >= 0.3 is 6.03 Å². The quantitative estimate of drug-likeness (QED) is 0.127. The van der Waals surface area contributed by atoms with Crippen molar-refractivity contribution >= 4 is 25.0 Å². The summed E-state index contributed by atoms with van der Waals surface area (Å²) in [4.78, 5) is 22.2. The van der Waals surface area contributed by atoms with Gasteiger partial charge in [0, 0.05) is 37.8 Å². The topological polar surface area (TPSA) is 57.2 Å². The lowest BCUT2D eigenvalue weighted by Crippen LogP contribution is -2.49. The molecule has 1 aliphatic carbocycles. The lowest BCUT2D eigenvalue weighted by Gasteiger charge is -2.39. The molecule has 0 atom stereocenters. The molecule has 1 saturated carbocycles. The van der Waals surface area contributed by atoms with Crippen molar-refractivity contribution in [3.05, 3.63) is 53.5 Å². The minimum Gasteiger partial charge on any atom is -0.491 e. The first-order valence-electron chi connectivity index (χ1n) is 14.7. The molecule has 6 nitrogen and oxygen atoms in total. The number of hydrogen-bond acceptors (Lipinski definition) is 5. The maximum absolute atomic E-state index is 13.5. The van der Waals surface area contributed by atoms with Crippen molar-refractivity contribution in [1.82, 2.24) is 15.1 Å². The second-order valence-electron chi connectivity index (χ2n) is 10.5. The second kappa shape index (κ2) is 21.0. The molecule has 1 aliphatic heterocycles. The van der Waals surface area contributed by atoms with Crippen molar-refractivity contribution in [3.8, 4) is 18.6 Å². The number of allylic oxidation sites excluding steroid dienone is 3. The third kappa shape index (κ3) is 13.6. The smallest absolute Gasteiger partial charge is 0.327 e. The summed E-state index contributed by atoms with van der Waals surface area (Å²) >= 11 is 3.53. The Morgan fingerprint density at radius 3 is 2.44 bits per heavy atom. The van der Waals surface area contributed by atoms with Crippen LogP contribution in [0.1, 0.15) is 84.6 Å². The van der Waals surface area contributed by atoms with Gasteiger partial charge in [-0.25, -0.2) is 9.18 Å². The number of carbonyl (C=O) groups excluding carboxylic acids is 1. The van der Waals surface area contributed by atoms with Crippen molar-refractivity contribution in [3.63, 3.8) is 0 Å². The SMILES string of the molecule is C#C.C/C=C(\C/C=C(\C)F)N(C(=O)NC=NC1CCCCC1)C1CCN(Cc2cccc(OC(C)C)c2)CC1.CS. The van der Waals surface area contributed by atoms with Gasteiger partial charge in [-0.05, 0) is 83.4 Å². The summed E-state index contributed by atoms with van der Waals surface area (Å²) in [6.07, 6.45) is 22.8. The molecule has 228 valence electrons. The zero-order chi connectivity index (χ0) is 30.6. The number of hydrogen-bond donors (Lipinski definition) is 2. The number of piperidine rings is 1. The Morgan fingerprint density at radius 2 is 1.85 bits per heavy atom. The Labute approximate surface area is 253 Å². The molecule has 8 heteroatoms. The Bertz CT molecular complexity index is 990. The number of nitrogens with zero attached hydrogens (tertiary/aromatic N) is 3.